The van der Waals surface area contributed by atoms with E-state index >= 15 is 0 Å². The number of para-hydroxylation sites is 1. The highest BCUT2D eigenvalue weighted by atomic mass is 19.1. The third-order valence-electron chi connectivity index (χ3n) is 3.05. The maximum absolute atomic E-state index is 13.2. The Kier molecular flexibility index (Phi) is 4.33. The number of nitrogens with two attached hydrogens (primary N) is 1. The van der Waals surface area contributed by atoms with Gasteiger partial charge in [-0.1, -0.05) is 18.2 Å². The summed E-state index contributed by atoms with van der Waals surface area (Å²) in [5, 5.41) is 2.71. The molecule has 2 aromatic rings. The molecule has 2 rings (SSSR count). The van der Waals surface area contributed by atoms with Crippen LogP contribution >= 0.6 is 0 Å². The molecule has 0 aliphatic rings. The minimum atomic E-state index is -0.477. The molecule has 3 N–H and O–H groups in total. The molecule has 2 amide bonds. The molecule has 0 aliphatic heterocycles. The minimum absolute atomic E-state index is 0.0406. The summed E-state index contributed by atoms with van der Waals surface area (Å²) in [4.78, 5) is 23.2. The summed E-state index contributed by atoms with van der Waals surface area (Å²) in [6.45, 7) is 1.59. The Morgan fingerprint density at radius 2 is 1.90 bits per heavy atom. The predicted molar refractivity (Wildman–Crippen MR) is 78.4 cm³/mol. The monoisotopic (exact) mass is 286 g/mol. The fourth-order valence-corrected chi connectivity index (χ4v) is 1.96. The number of hydrogen-bond acceptors (Lipinski definition) is 2. The highest BCUT2D eigenvalue weighted by Crippen LogP contribution is 2.17. The Balaban J connectivity index is 2.23. The molecule has 2 aromatic carbocycles. The normalized spacial score (nSPS) is 10.2. The van der Waals surface area contributed by atoms with E-state index in [9.17, 15) is 14.0 Å². The van der Waals surface area contributed by atoms with Crippen LogP contribution in [0.5, 0.6) is 0 Å². The van der Waals surface area contributed by atoms with Crippen molar-refractivity contribution in [2.45, 2.75) is 13.3 Å². The zero-order valence-corrected chi connectivity index (χ0v) is 11.5. The Hall–Kier alpha value is -2.69. The predicted octanol–water partition coefficient (Wildman–Crippen LogP) is 2.41. The lowest BCUT2D eigenvalue weighted by Gasteiger charge is -2.10. The van der Waals surface area contributed by atoms with E-state index < -0.39 is 5.91 Å². The molecular weight excluding hydrogens is 271 g/mol. The van der Waals surface area contributed by atoms with Gasteiger partial charge in [0, 0.05) is 11.3 Å². The van der Waals surface area contributed by atoms with Crippen LogP contribution in [0, 0.1) is 12.7 Å². The van der Waals surface area contributed by atoms with Gasteiger partial charge in [-0.05, 0) is 42.3 Å². The first-order chi connectivity index (χ1) is 9.97. The van der Waals surface area contributed by atoms with Gasteiger partial charge in [0.25, 0.3) is 5.91 Å². The number of rotatable bonds is 4. The van der Waals surface area contributed by atoms with Gasteiger partial charge in [-0.3, -0.25) is 9.59 Å². The van der Waals surface area contributed by atoms with Gasteiger partial charge < -0.3 is 11.1 Å². The number of hydrogen-bond donors (Lipinski definition) is 2. The number of halogens is 1. The topological polar surface area (TPSA) is 72.2 Å². The lowest BCUT2D eigenvalue weighted by Crippen LogP contribution is -2.17. The van der Waals surface area contributed by atoms with E-state index in [4.69, 9.17) is 5.73 Å². The van der Waals surface area contributed by atoms with Crippen molar-refractivity contribution in [3.63, 3.8) is 0 Å². The zero-order valence-electron chi connectivity index (χ0n) is 11.5. The molecule has 0 aromatic heterocycles. The Labute approximate surface area is 121 Å². The van der Waals surface area contributed by atoms with E-state index in [0.29, 0.717) is 22.4 Å². The largest absolute Gasteiger partial charge is 0.369 e. The molecule has 0 spiro atoms. The van der Waals surface area contributed by atoms with E-state index in [1.165, 1.54) is 18.2 Å². The second kappa shape index (κ2) is 6.17. The van der Waals surface area contributed by atoms with Crippen molar-refractivity contribution >= 4 is 17.5 Å². The average molecular weight is 286 g/mol. The van der Waals surface area contributed by atoms with Gasteiger partial charge in [-0.2, -0.15) is 0 Å². The van der Waals surface area contributed by atoms with E-state index in [1.54, 1.807) is 31.2 Å². The second-order valence-electron chi connectivity index (χ2n) is 4.72. The van der Waals surface area contributed by atoms with Gasteiger partial charge in [-0.25, -0.2) is 4.39 Å². The van der Waals surface area contributed by atoms with Gasteiger partial charge >= 0.3 is 0 Å². The number of benzene rings is 2. The maximum Gasteiger partial charge on any atom is 0.255 e. The number of carbonyl (C=O) groups excluding carboxylic acids is 2. The van der Waals surface area contributed by atoms with Crippen molar-refractivity contribution in [3.8, 4) is 0 Å². The number of anilines is 1. The van der Waals surface area contributed by atoms with Gasteiger partial charge in [0.2, 0.25) is 5.91 Å². The summed E-state index contributed by atoms with van der Waals surface area (Å²) in [6.07, 6.45) is 0.0406. The summed E-state index contributed by atoms with van der Waals surface area (Å²) in [5.41, 5.74) is 7.08. The molecule has 0 unspecified atom stereocenters. The number of aryl methyl sites for hydroxylation is 1. The van der Waals surface area contributed by atoms with Crippen LogP contribution in [-0.2, 0) is 11.2 Å². The minimum Gasteiger partial charge on any atom is -0.369 e. The lowest BCUT2D eigenvalue weighted by molar-refractivity contribution is -0.117. The van der Waals surface area contributed by atoms with E-state index in [0.717, 1.165) is 0 Å². The van der Waals surface area contributed by atoms with Gasteiger partial charge in [0.1, 0.15) is 5.82 Å². The number of amides is 2. The highest BCUT2D eigenvalue weighted by molar-refractivity contribution is 6.05. The Morgan fingerprint density at radius 1 is 1.19 bits per heavy atom. The molecule has 21 heavy (non-hydrogen) atoms. The summed E-state index contributed by atoms with van der Waals surface area (Å²) in [5.74, 6) is -1.20. The van der Waals surface area contributed by atoms with Crippen LogP contribution in [0.1, 0.15) is 21.5 Å². The molecule has 0 aliphatic carbocycles. The second-order valence-corrected chi connectivity index (χ2v) is 4.72. The van der Waals surface area contributed by atoms with Crippen LogP contribution in [0.2, 0.25) is 0 Å². The van der Waals surface area contributed by atoms with Crippen LogP contribution in [-0.4, -0.2) is 11.8 Å². The number of primary amides is 1. The standard InChI is InChI=1S/C16H15FN2O2/c1-10-8-12(6-7-13(10)17)16(21)19-14-5-3-2-4-11(14)9-15(18)20/h2-8H,9H2,1H3,(H2,18,20)(H,19,21). The van der Waals surface area contributed by atoms with Crippen LogP contribution in [0.4, 0.5) is 10.1 Å². The molecule has 0 radical (unpaired) electrons. The Morgan fingerprint density at radius 3 is 2.57 bits per heavy atom. The van der Waals surface area contributed by atoms with Crippen molar-refractivity contribution in [1.82, 2.24) is 0 Å². The smallest absolute Gasteiger partial charge is 0.255 e. The molecule has 0 fully saturated rings. The molecule has 0 heterocycles. The maximum atomic E-state index is 13.2. The first-order valence-corrected chi connectivity index (χ1v) is 6.41. The van der Waals surface area contributed by atoms with Crippen LogP contribution < -0.4 is 11.1 Å². The highest BCUT2D eigenvalue weighted by Gasteiger charge is 2.11. The number of carbonyl (C=O) groups is 2. The van der Waals surface area contributed by atoms with Crippen LogP contribution in [0.15, 0.2) is 42.5 Å². The molecule has 4 nitrogen and oxygen atoms in total. The number of nitrogens with one attached hydrogen (secondary N) is 1. The molecule has 108 valence electrons. The fraction of sp³-hybridized carbons (Fsp3) is 0.125. The first-order valence-electron chi connectivity index (χ1n) is 6.41. The van der Waals surface area contributed by atoms with Gasteiger partial charge in [-0.15, -0.1) is 0 Å². The lowest BCUT2D eigenvalue weighted by atomic mass is 10.1. The van der Waals surface area contributed by atoms with E-state index in [-0.39, 0.29) is 18.1 Å². The quantitative estimate of drug-likeness (QED) is 0.906. The molecule has 0 saturated heterocycles. The molecular formula is C16H15FN2O2. The van der Waals surface area contributed by atoms with Crippen molar-refractivity contribution in [2.24, 2.45) is 5.73 Å². The SMILES string of the molecule is Cc1cc(C(=O)Nc2ccccc2CC(N)=O)ccc1F. The molecule has 5 heteroatoms. The summed E-state index contributed by atoms with van der Waals surface area (Å²) in [6, 6.07) is 11.0. The van der Waals surface area contributed by atoms with E-state index in [1.807, 2.05) is 0 Å². The molecule has 0 atom stereocenters. The summed E-state index contributed by atoms with van der Waals surface area (Å²) in [7, 11) is 0. The average Bonchev–Trinajstić information content (AvgIpc) is 2.43. The van der Waals surface area contributed by atoms with Crippen molar-refractivity contribution in [2.75, 3.05) is 5.32 Å². The van der Waals surface area contributed by atoms with Crippen LogP contribution in [0.3, 0.4) is 0 Å². The summed E-state index contributed by atoms with van der Waals surface area (Å²) < 4.78 is 13.2. The molecule has 0 bridgehead atoms. The van der Waals surface area contributed by atoms with Crippen molar-refractivity contribution in [1.29, 1.82) is 0 Å². The first kappa shape index (κ1) is 14.7. The Bertz CT molecular complexity index is 698. The van der Waals surface area contributed by atoms with Crippen molar-refractivity contribution in [3.05, 3.63) is 65.0 Å². The van der Waals surface area contributed by atoms with Gasteiger partial charge in [0.05, 0.1) is 6.42 Å². The van der Waals surface area contributed by atoms with Crippen LogP contribution in [0.25, 0.3) is 0 Å². The summed E-state index contributed by atoms with van der Waals surface area (Å²) >= 11 is 0. The van der Waals surface area contributed by atoms with Gasteiger partial charge in [0.15, 0.2) is 0 Å². The molecule has 0 saturated carbocycles. The van der Waals surface area contributed by atoms with E-state index in [2.05, 4.69) is 5.32 Å². The third-order valence-corrected chi connectivity index (χ3v) is 3.05. The third kappa shape index (κ3) is 3.66. The fourth-order valence-electron chi connectivity index (χ4n) is 1.96. The zero-order chi connectivity index (χ0) is 15.4. The van der Waals surface area contributed by atoms with Crippen molar-refractivity contribution < 1.29 is 14.0 Å².